The van der Waals surface area contributed by atoms with Crippen molar-refractivity contribution in [2.24, 2.45) is 0 Å². The van der Waals surface area contributed by atoms with Crippen LogP contribution in [0.1, 0.15) is 37.9 Å². The van der Waals surface area contributed by atoms with Gasteiger partial charge in [-0.25, -0.2) is 34.2 Å². The van der Waals surface area contributed by atoms with E-state index in [1.54, 1.807) is 0 Å². The average Bonchev–Trinajstić information content (AvgIpc) is 3.82. The molecule has 6 rings (SSSR count). The highest BCUT2D eigenvalue weighted by Gasteiger charge is 2.48. The van der Waals surface area contributed by atoms with Gasteiger partial charge in [-0.05, 0) is 18.2 Å². The predicted octanol–water partition coefficient (Wildman–Crippen LogP) is -3.61. The van der Waals surface area contributed by atoms with Crippen LogP contribution in [0, 0.1) is 16.2 Å². The first-order valence-electron chi connectivity index (χ1n) is 16.7. The van der Waals surface area contributed by atoms with E-state index in [2.05, 4.69) is 27.2 Å². The molecule has 0 aromatic carbocycles. The van der Waals surface area contributed by atoms with Gasteiger partial charge in [0.1, 0.15) is 92.1 Å². The van der Waals surface area contributed by atoms with Crippen LogP contribution in [0.4, 0.5) is 0 Å². The maximum atomic E-state index is 12.7. The molecule has 320 valence electrons. The van der Waals surface area contributed by atoms with Crippen LogP contribution in [0.3, 0.4) is 0 Å². The fourth-order valence-corrected chi connectivity index (χ4v) is 10.1. The molecule has 31 heteroatoms. The number of aliphatic hydroxyl groups is 1. The molecule has 0 aliphatic carbocycles. The molecular formula is C27H34N9O16P3S3-4. The van der Waals surface area contributed by atoms with Crippen molar-refractivity contribution in [2.45, 2.75) is 74.6 Å². The van der Waals surface area contributed by atoms with E-state index in [1.165, 1.54) is 36.8 Å². The summed E-state index contributed by atoms with van der Waals surface area (Å²) in [5, 5.41) is 70.0. The van der Waals surface area contributed by atoms with E-state index in [9.17, 15) is 40.0 Å². The molecule has 3 aromatic heterocycles. The second kappa shape index (κ2) is 18.5. The lowest BCUT2D eigenvalue weighted by Crippen LogP contribution is -2.33. The van der Waals surface area contributed by atoms with Gasteiger partial charge in [-0.15, -0.1) is 0 Å². The highest BCUT2D eigenvalue weighted by molar-refractivity contribution is 8.36. The minimum atomic E-state index is -4.54. The van der Waals surface area contributed by atoms with Gasteiger partial charge in [0, 0.05) is 37.9 Å². The second-order valence-electron chi connectivity index (χ2n) is 12.7. The third-order valence-electron chi connectivity index (χ3n) is 8.75. The maximum absolute atomic E-state index is 12.7. The number of hydrogen-bond acceptors (Lipinski definition) is 25. The number of aliphatic hydroxyl groups excluding tert-OH is 1. The Kier molecular flexibility index (Phi) is 14.4. The number of nitrogens with zero attached hydrogens (tertiary/aromatic N) is 6. The molecule has 7 N–H and O–H groups in total. The van der Waals surface area contributed by atoms with E-state index in [0.717, 1.165) is 13.7 Å². The quantitative estimate of drug-likeness (QED) is 0.0539. The van der Waals surface area contributed by atoms with Gasteiger partial charge in [-0.1, -0.05) is 0 Å². The average molecular weight is 930 g/mol. The SMILES string of the molecule is N=c1ccn([C@H]2C[C@H](O[P+]([O-])(O)[S-])[C@@H](CO[P+](O)([S-])O[C@H]3C[C@H](n4ccc(=N)nc4[O-])O[C@@H]3CO[P+](O)([S-])O[C@H]3C[C@H](n4ccc(=N)nc4[O-])O[C@@H]3CO)O2)c([O-])n1. The fraction of sp³-hybridized carbons (Fsp3) is 0.556. The second-order valence-corrected chi connectivity index (χ2v) is 20.8. The summed E-state index contributed by atoms with van der Waals surface area (Å²) in [6, 6.07) is 1.18. The summed E-state index contributed by atoms with van der Waals surface area (Å²) in [6.45, 7) is -1.81. The first-order chi connectivity index (χ1) is 27.2. The molecular weight excluding hydrogens is 895 g/mol. The standard InChI is InChI=1S/C27H38N9O16P3S3/c28-19-1-4-34(25(38)31-19)22-7-13(16(10-37)47-22)51-54(43,57)46-12-18-15(9-24(49-18)36-6-3-21(30)33-27(36)40)52-55(44,58)45-11-17-14(50-53(41,42)56)8-23(48-17)35-5-2-20(29)32-26(35)39/h1-6,13-18,22-24,37H,7-12H2,(H,43,57)(H,44,58)(H2,28,31,38)(H2,29,32,39)(H2,30,33,40)(H2,41,42,56)/p-4/t13-,14-,15-,16+,17+,18+,22+,23+,24+,54?,55?/m0/s1. The van der Waals surface area contributed by atoms with Crippen molar-refractivity contribution in [2.75, 3.05) is 19.8 Å². The van der Waals surface area contributed by atoms with Crippen molar-refractivity contribution >= 4 is 58.2 Å². The van der Waals surface area contributed by atoms with Crippen molar-refractivity contribution in [1.29, 1.82) is 16.2 Å². The lowest BCUT2D eigenvalue weighted by molar-refractivity contribution is -0.291. The van der Waals surface area contributed by atoms with Crippen molar-refractivity contribution in [3.63, 3.8) is 0 Å². The molecule has 0 saturated carbocycles. The van der Waals surface area contributed by atoms with Crippen LogP contribution >= 0.6 is 21.4 Å². The van der Waals surface area contributed by atoms with Crippen LogP contribution < -0.4 is 36.7 Å². The molecule has 3 aliphatic rings. The van der Waals surface area contributed by atoms with E-state index < -0.39 is 115 Å². The van der Waals surface area contributed by atoms with E-state index in [0.29, 0.717) is 0 Å². The van der Waals surface area contributed by atoms with Crippen LogP contribution in [0.25, 0.3) is 0 Å². The van der Waals surface area contributed by atoms with Gasteiger partial charge in [0.2, 0.25) is 0 Å². The zero-order valence-corrected chi connectivity index (χ0v) is 34.5. The van der Waals surface area contributed by atoms with Crippen LogP contribution in [0.2, 0.25) is 0 Å². The summed E-state index contributed by atoms with van der Waals surface area (Å²) < 4.78 is 48.4. The highest BCUT2D eigenvalue weighted by Crippen LogP contribution is 2.60. The third-order valence-corrected chi connectivity index (χ3v) is 12.7. The van der Waals surface area contributed by atoms with Gasteiger partial charge in [-0.2, -0.15) is 18.1 Å². The molecule has 0 amide bonds. The Labute approximate surface area is 344 Å². The van der Waals surface area contributed by atoms with Crippen molar-refractivity contribution in [3.8, 4) is 18.0 Å². The summed E-state index contributed by atoms with van der Waals surface area (Å²) >= 11 is 15.0. The lowest BCUT2D eigenvalue weighted by Gasteiger charge is -2.32. The number of aromatic nitrogens is 6. The first-order valence-corrected chi connectivity index (χ1v) is 24.5. The topological polar surface area (TPSA) is 372 Å². The minimum Gasteiger partial charge on any atom is -0.846 e. The molecule has 25 nitrogen and oxygen atoms in total. The monoisotopic (exact) mass is 929 g/mol. The molecule has 12 atom stereocenters. The van der Waals surface area contributed by atoms with Gasteiger partial charge >= 0.3 is 0 Å². The van der Waals surface area contributed by atoms with E-state index >= 15 is 0 Å². The van der Waals surface area contributed by atoms with Gasteiger partial charge in [0.05, 0.1) is 24.6 Å². The van der Waals surface area contributed by atoms with Gasteiger partial charge in [-0.3, -0.25) is 16.2 Å². The van der Waals surface area contributed by atoms with Gasteiger partial charge in [0.15, 0.2) is 0 Å². The van der Waals surface area contributed by atoms with Gasteiger partial charge in [0.25, 0.3) is 14.3 Å². The zero-order chi connectivity index (χ0) is 42.2. The van der Waals surface area contributed by atoms with Crippen LogP contribution in [0.5, 0.6) is 18.0 Å². The third kappa shape index (κ3) is 11.6. The van der Waals surface area contributed by atoms with E-state index in [4.69, 9.17) is 77.6 Å². The minimum absolute atomic E-state index is 0.0857. The molecule has 6 heterocycles. The zero-order valence-electron chi connectivity index (χ0n) is 29.3. The number of hydrogen-bond donors (Lipinski definition) is 7. The smallest absolute Gasteiger partial charge is 0.287 e. The maximum Gasteiger partial charge on any atom is 0.287 e. The normalized spacial score (nSPS) is 30.5. The van der Waals surface area contributed by atoms with Crippen molar-refractivity contribution in [3.05, 3.63) is 53.3 Å². The fourth-order valence-electron chi connectivity index (χ4n) is 6.22. The summed E-state index contributed by atoms with van der Waals surface area (Å²) in [4.78, 5) is 54.7. The molecule has 3 unspecified atom stereocenters. The first kappa shape index (κ1) is 45.4. The molecule has 3 aromatic rings. The van der Waals surface area contributed by atoms with E-state index in [1.807, 2.05) is 0 Å². The Morgan fingerprint density at radius 2 is 0.966 bits per heavy atom. The van der Waals surface area contributed by atoms with Crippen LogP contribution in [0.15, 0.2) is 36.8 Å². The van der Waals surface area contributed by atoms with Crippen molar-refractivity contribution < 1.29 is 76.8 Å². The Hall–Kier alpha value is -2.14. The van der Waals surface area contributed by atoms with E-state index in [-0.39, 0.29) is 35.7 Å². The van der Waals surface area contributed by atoms with Crippen LogP contribution in [-0.2, 0) is 73.6 Å². The molecule has 58 heavy (non-hydrogen) atoms. The highest BCUT2D eigenvalue weighted by atomic mass is 32.7. The molecule has 3 fully saturated rings. The summed E-state index contributed by atoms with van der Waals surface area (Å²) in [5.74, 6) is 0. The van der Waals surface area contributed by atoms with Crippen molar-refractivity contribution in [1.82, 2.24) is 28.7 Å². The summed E-state index contributed by atoms with van der Waals surface area (Å²) in [6.07, 6.45) is -7.12. The Morgan fingerprint density at radius 1 is 0.638 bits per heavy atom. The number of ether oxygens (including phenoxy) is 3. The predicted molar refractivity (Wildman–Crippen MR) is 191 cm³/mol. The summed E-state index contributed by atoms with van der Waals surface area (Å²) in [5.41, 5.74) is -0.897. The lowest BCUT2D eigenvalue weighted by atomic mass is 10.2. The molecule has 0 radical (unpaired) electrons. The Bertz CT molecular complexity index is 2100. The Morgan fingerprint density at radius 3 is 1.29 bits per heavy atom. The van der Waals surface area contributed by atoms with Crippen LogP contribution in [-0.4, -0.2) is 105 Å². The largest absolute Gasteiger partial charge is 0.846 e. The number of nitrogens with one attached hydrogen (secondary N) is 3. The molecule has 0 spiro atoms. The number of rotatable bonds is 16. The molecule has 0 bridgehead atoms. The molecule has 3 aliphatic heterocycles. The Balaban J connectivity index is 1.14. The molecule has 3 saturated heterocycles. The van der Waals surface area contributed by atoms with Gasteiger partial charge < -0.3 is 90.0 Å². The summed E-state index contributed by atoms with van der Waals surface area (Å²) in [7, 11) is -13.1.